The number of rotatable bonds is 6. The van der Waals surface area contributed by atoms with Gasteiger partial charge >= 0.3 is 12.1 Å². The summed E-state index contributed by atoms with van der Waals surface area (Å²) in [7, 11) is 3.63. The number of cyclic esters (lactones) is 1. The largest absolute Gasteiger partial charge is 0.455 e. The molecule has 1 amide bonds. The zero-order valence-electron chi connectivity index (χ0n) is 34.0. The van der Waals surface area contributed by atoms with E-state index < -0.39 is 89.2 Å². The number of aromatic nitrogens is 1. The van der Waals surface area contributed by atoms with Gasteiger partial charge in [0.15, 0.2) is 17.7 Å². The second kappa shape index (κ2) is 16.8. The van der Waals surface area contributed by atoms with Gasteiger partial charge in [-0.2, -0.15) is 0 Å². The summed E-state index contributed by atoms with van der Waals surface area (Å²) >= 11 is 0. The van der Waals surface area contributed by atoms with Crippen molar-refractivity contribution >= 4 is 34.5 Å². The number of alkyl halides is 1. The van der Waals surface area contributed by atoms with Crippen LogP contribution in [0.25, 0.3) is 10.9 Å². The highest BCUT2D eigenvalue weighted by Crippen LogP contribution is 2.41. The standard InChI is InChI=1S/C42H56FN3O10/c1-11-31-42(8)34(45-39(51)56-42)25(4)32(47)23(2)21-40(6,52-18-14-15-27-20-28-16-12-13-17-29(28)44-22-27)36(26(5)35(49)41(7,43)38(50)54-31)55-37-33(48)30(46(9)10)19-24(3)53-37/h12-13,16-17,20,22-26,30-31,33-34,36-37,48H,11,18-19,21H2,1-10H3,(H,45,51)/t23-,24-,25+,26+,30+,31-,33-,34-,36-,37+,40+,41+,42-/m1/s1. The molecule has 5 rings (SSSR count). The van der Waals surface area contributed by atoms with Crippen molar-refractivity contribution in [3.05, 3.63) is 42.1 Å². The molecule has 56 heavy (non-hydrogen) atoms. The highest BCUT2D eigenvalue weighted by Gasteiger charge is 2.59. The predicted molar refractivity (Wildman–Crippen MR) is 204 cm³/mol. The van der Waals surface area contributed by atoms with Crippen molar-refractivity contribution in [3.63, 3.8) is 0 Å². The van der Waals surface area contributed by atoms with Crippen LogP contribution in [0.3, 0.4) is 0 Å². The van der Waals surface area contributed by atoms with Gasteiger partial charge in [-0.15, -0.1) is 0 Å². The average Bonchev–Trinajstić information content (AvgIpc) is 3.47. The minimum absolute atomic E-state index is 0.0734. The van der Waals surface area contributed by atoms with Gasteiger partial charge in [0.1, 0.15) is 24.6 Å². The number of nitrogens with one attached hydrogen (secondary N) is 1. The van der Waals surface area contributed by atoms with Crippen molar-refractivity contribution in [3.8, 4) is 11.8 Å². The fourth-order valence-electron chi connectivity index (χ4n) is 8.61. The Balaban J connectivity index is 1.59. The number of nitrogens with zero attached hydrogens (tertiary/aromatic N) is 2. The zero-order chi connectivity index (χ0) is 41.3. The van der Waals surface area contributed by atoms with Gasteiger partial charge in [-0.1, -0.05) is 57.7 Å². The number of benzene rings is 1. The summed E-state index contributed by atoms with van der Waals surface area (Å²) in [5.41, 5.74) is -4.93. The lowest BCUT2D eigenvalue weighted by atomic mass is 9.73. The fraction of sp³-hybridized carbons (Fsp3) is 0.643. The maximum absolute atomic E-state index is 16.9. The Morgan fingerprint density at radius 3 is 2.45 bits per heavy atom. The molecular formula is C42H56FN3O10. The van der Waals surface area contributed by atoms with Gasteiger partial charge in [-0.3, -0.25) is 14.6 Å². The number of carbonyl (C=O) groups excluding carboxylic acids is 4. The minimum atomic E-state index is -3.21. The van der Waals surface area contributed by atoms with Crippen LogP contribution in [0.2, 0.25) is 0 Å². The zero-order valence-corrected chi connectivity index (χ0v) is 34.0. The number of aliphatic hydroxyl groups is 1. The van der Waals surface area contributed by atoms with E-state index in [-0.39, 0.29) is 31.3 Å². The fourth-order valence-corrected chi connectivity index (χ4v) is 8.61. The molecule has 1 aromatic heterocycles. The number of aliphatic hydroxyl groups excluding tert-OH is 1. The van der Waals surface area contributed by atoms with E-state index in [0.717, 1.165) is 17.8 Å². The van der Waals surface area contributed by atoms with Crippen LogP contribution in [0.5, 0.6) is 0 Å². The molecule has 0 aliphatic carbocycles. The number of hydrogen-bond donors (Lipinski definition) is 2. The molecular weight excluding hydrogens is 725 g/mol. The summed E-state index contributed by atoms with van der Waals surface area (Å²) < 4.78 is 47.4. The van der Waals surface area contributed by atoms with Gasteiger partial charge in [0.05, 0.1) is 29.4 Å². The minimum Gasteiger partial charge on any atom is -0.455 e. The van der Waals surface area contributed by atoms with E-state index in [1.54, 1.807) is 33.9 Å². The molecule has 13 atom stereocenters. The molecule has 0 spiro atoms. The van der Waals surface area contributed by atoms with Gasteiger partial charge in [0.25, 0.3) is 5.67 Å². The van der Waals surface area contributed by atoms with Crippen molar-refractivity contribution in [2.24, 2.45) is 17.8 Å². The summed E-state index contributed by atoms with van der Waals surface area (Å²) in [5.74, 6) is 0.0167. The molecule has 306 valence electrons. The molecule has 13 nitrogen and oxygen atoms in total. The number of halogens is 1. The molecule has 2 N–H and O–H groups in total. The Morgan fingerprint density at radius 2 is 1.77 bits per heavy atom. The van der Waals surface area contributed by atoms with E-state index in [1.165, 1.54) is 13.8 Å². The van der Waals surface area contributed by atoms with E-state index in [2.05, 4.69) is 22.1 Å². The van der Waals surface area contributed by atoms with Crippen molar-refractivity contribution in [1.29, 1.82) is 0 Å². The van der Waals surface area contributed by atoms with E-state index in [1.807, 2.05) is 56.3 Å². The van der Waals surface area contributed by atoms with E-state index in [9.17, 15) is 24.3 Å². The maximum Gasteiger partial charge on any atom is 0.408 e. The van der Waals surface area contributed by atoms with Gasteiger partial charge in [0, 0.05) is 40.9 Å². The maximum atomic E-state index is 16.9. The number of ether oxygens (including phenoxy) is 5. The third-order valence-corrected chi connectivity index (χ3v) is 11.8. The monoisotopic (exact) mass is 781 g/mol. The van der Waals surface area contributed by atoms with Crippen LogP contribution in [0.15, 0.2) is 36.5 Å². The summed E-state index contributed by atoms with van der Waals surface area (Å²) in [6.45, 7) is 12.0. The summed E-state index contributed by atoms with van der Waals surface area (Å²) in [6, 6.07) is 8.13. The Morgan fingerprint density at radius 1 is 1.07 bits per heavy atom. The van der Waals surface area contributed by atoms with Gasteiger partial charge < -0.3 is 39.0 Å². The van der Waals surface area contributed by atoms with E-state index in [4.69, 9.17) is 23.7 Å². The van der Waals surface area contributed by atoms with Crippen LogP contribution >= 0.6 is 0 Å². The van der Waals surface area contributed by atoms with Crippen LogP contribution in [0.1, 0.15) is 80.2 Å². The Hall–Kier alpha value is -4.00. The predicted octanol–water partition coefficient (Wildman–Crippen LogP) is 4.54. The highest BCUT2D eigenvalue weighted by molar-refractivity contribution is 6.08. The lowest BCUT2D eigenvalue weighted by Crippen LogP contribution is -2.61. The van der Waals surface area contributed by atoms with Gasteiger partial charge in [-0.25, -0.2) is 14.0 Å². The number of para-hydroxylation sites is 1. The van der Waals surface area contributed by atoms with Crippen LogP contribution in [-0.2, 0) is 38.1 Å². The topological polar surface area (TPSA) is 163 Å². The second-order valence-electron chi connectivity index (χ2n) is 16.4. The number of amides is 1. The molecule has 0 unspecified atom stereocenters. The Labute approximate surface area is 328 Å². The van der Waals surface area contributed by atoms with Crippen LogP contribution in [-0.4, -0.2) is 119 Å². The smallest absolute Gasteiger partial charge is 0.408 e. The molecule has 2 aromatic rings. The number of fused-ring (bicyclic) bond motifs is 2. The quantitative estimate of drug-likeness (QED) is 0.240. The number of likely N-dealkylation sites (N-methyl/N-ethyl adjacent to an activating group) is 1. The SMILES string of the molecule is CC[C@H]1OC(=O)[C@@](C)(F)C(=O)[C@H](C)[C@@H](O[C@@H]2O[C@H](C)C[C@H](N(C)C)[C@H]2O)[C@@](C)(OCC#Cc2cnc3ccccc3c2)C[C@@H](C)C(=O)[C@H](C)[C@H]2NC(=O)O[C@@]21C. The highest BCUT2D eigenvalue weighted by atomic mass is 19.1. The number of alkyl carbamates (subject to hydrolysis) is 1. The molecule has 3 fully saturated rings. The van der Waals surface area contributed by atoms with E-state index in [0.29, 0.717) is 12.0 Å². The molecule has 1 aromatic carbocycles. The van der Waals surface area contributed by atoms with Crippen LogP contribution in [0.4, 0.5) is 9.18 Å². The number of esters is 1. The average molecular weight is 782 g/mol. The molecule has 3 aliphatic heterocycles. The molecule has 4 heterocycles. The van der Waals surface area contributed by atoms with E-state index >= 15 is 4.39 Å². The number of Topliss-reactive ketones (excluding diaryl/α,β-unsaturated/α-hetero) is 2. The number of ketones is 2. The second-order valence-corrected chi connectivity index (χ2v) is 16.4. The number of hydrogen-bond acceptors (Lipinski definition) is 12. The molecule has 3 aliphatic rings. The Kier molecular flexibility index (Phi) is 13.0. The molecule has 14 heteroatoms. The van der Waals surface area contributed by atoms with Crippen LogP contribution < -0.4 is 5.32 Å². The third kappa shape index (κ3) is 8.62. The van der Waals surface area contributed by atoms with Crippen molar-refractivity contribution in [2.45, 2.75) is 134 Å². The summed E-state index contributed by atoms with van der Waals surface area (Å²) in [4.78, 5) is 61.5. The van der Waals surface area contributed by atoms with Crippen molar-refractivity contribution < 1.29 is 52.4 Å². The van der Waals surface area contributed by atoms with Crippen molar-refractivity contribution in [1.82, 2.24) is 15.2 Å². The number of carbonyl (C=O) groups is 4. The van der Waals surface area contributed by atoms with Gasteiger partial charge in [-0.05, 0) is 73.2 Å². The first-order valence-electron chi connectivity index (χ1n) is 19.3. The van der Waals surface area contributed by atoms with Gasteiger partial charge in [0.2, 0.25) is 0 Å². The number of pyridine rings is 1. The van der Waals surface area contributed by atoms with Crippen LogP contribution in [0, 0.1) is 29.6 Å². The third-order valence-electron chi connectivity index (χ3n) is 11.8. The first-order valence-corrected chi connectivity index (χ1v) is 19.3. The first-order chi connectivity index (χ1) is 26.2. The lowest BCUT2D eigenvalue weighted by molar-refractivity contribution is -0.296. The lowest BCUT2D eigenvalue weighted by Gasteiger charge is -2.47. The summed E-state index contributed by atoms with van der Waals surface area (Å²) in [5, 5.41) is 15.1. The van der Waals surface area contributed by atoms with Crippen molar-refractivity contribution in [2.75, 3.05) is 20.7 Å². The molecule has 0 saturated carbocycles. The first kappa shape index (κ1) is 43.1. The Bertz CT molecular complexity index is 1860. The molecule has 3 saturated heterocycles. The molecule has 0 radical (unpaired) electrons. The normalized spacial score (nSPS) is 38.5. The summed E-state index contributed by atoms with van der Waals surface area (Å²) in [6.07, 6.45) is -4.18. The molecule has 0 bridgehead atoms.